The van der Waals surface area contributed by atoms with Crippen LogP contribution in [0.2, 0.25) is 0 Å². The summed E-state index contributed by atoms with van der Waals surface area (Å²) in [4.78, 5) is 12.2. The number of hydrogen-bond donors (Lipinski definition) is 1. The summed E-state index contributed by atoms with van der Waals surface area (Å²) in [5.41, 5.74) is 1.88. The lowest BCUT2D eigenvalue weighted by Gasteiger charge is -2.42. The van der Waals surface area contributed by atoms with E-state index in [4.69, 9.17) is 9.31 Å². The van der Waals surface area contributed by atoms with Crippen molar-refractivity contribution in [3.8, 4) is 0 Å². The van der Waals surface area contributed by atoms with Crippen LogP contribution in [0.5, 0.6) is 0 Å². The van der Waals surface area contributed by atoms with Crippen molar-refractivity contribution in [2.45, 2.75) is 83.8 Å². The zero-order valence-electron chi connectivity index (χ0n) is 16.4. The largest absolute Gasteiger partial charge is 0.494 e. The number of carbonyl (C=O) groups is 1. The topological polar surface area (TPSA) is 47.6 Å². The zero-order chi connectivity index (χ0) is 18.5. The molecule has 2 aliphatic rings. The molecule has 0 saturated carbocycles. The third-order valence-corrected chi connectivity index (χ3v) is 6.59. The van der Waals surface area contributed by atoms with Crippen LogP contribution in [0.4, 0.5) is 5.69 Å². The average molecular weight is 343 g/mol. The monoisotopic (exact) mass is 343 g/mol. The third kappa shape index (κ3) is 2.47. The van der Waals surface area contributed by atoms with Crippen LogP contribution in [0.3, 0.4) is 0 Å². The number of hydrogen-bond acceptors (Lipinski definition) is 3. The normalized spacial score (nSPS) is 22.8. The second-order valence-electron chi connectivity index (χ2n) is 7.85. The molecular weight excluding hydrogens is 313 g/mol. The minimum atomic E-state index is -0.488. The lowest BCUT2D eigenvalue weighted by atomic mass is 9.75. The smallest absolute Gasteiger partial charge is 0.399 e. The summed E-state index contributed by atoms with van der Waals surface area (Å²) in [6.45, 7) is 12.6. The fraction of sp³-hybridized carbons (Fsp3) is 0.650. The van der Waals surface area contributed by atoms with Crippen LogP contribution in [0.1, 0.15) is 72.8 Å². The van der Waals surface area contributed by atoms with E-state index in [2.05, 4.69) is 33.0 Å². The van der Waals surface area contributed by atoms with E-state index >= 15 is 0 Å². The van der Waals surface area contributed by atoms with Gasteiger partial charge in [-0.2, -0.15) is 0 Å². The van der Waals surface area contributed by atoms with Crippen LogP contribution < -0.4 is 10.8 Å². The Hall–Kier alpha value is -1.33. The summed E-state index contributed by atoms with van der Waals surface area (Å²) in [6.07, 6.45) is 3.71. The Balaban J connectivity index is 1.97. The molecule has 3 rings (SSSR count). The molecule has 1 aromatic carbocycles. The molecule has 1 N–H and O–H groups in total. The Bertz CT molecular complexity index is 658. The van der Waals surface area contributed by atoms with Crippen molar-refractivity contribution in [2.75, 3.05) is 5.32 Å². The molecule has 1 amide bonds. The van der Waals surface area contributed by atoms with Crippen molar-refractivity contribution in [1.82, 2.24) is 0 Å². The Morgan fingerprint density at radius 2 is 1.48 bits per heavy atom. The Morgan fingerprint density at radius 3 is 1.96 bits per heavy atom. The second-order valence-corrected chi connectivity index (χ2v) is 7.85. The van der Waals surface area contributed by atoms with Crippen LogP contribution in [0.25, 0.3) is 0 Å². The molecular formula is C20H30BNO3. The molecule has 1 aromatic rings. The van der Waals surface area contributed by atoms with Gasteiger partial charge in [-0.25, -0.2) is 0 Å². The van der Waals surface area contributed by atoms with Crippen molar-refractivity contribution in [3.63, 3.8) is 0 Å². The van der Waals surface area contributed by atoms with E-state index in [1.807, 2.05) is 32.0 Å². The maximum absolute atomic E-state index is 12.2. The molecule has 0 unspecified atom stereocenters. The second kappa shape index (κ2) is 6.13. The average Bonchev–Trinajstić information content (AvgIpc) is 3.07. The van der Waals surface area contributed by atoms with E-state index in [1.54, 1.807) is 0 Å². The van der Waals surface area contributed by atoms with E-state index in [0.717, 1.165) is 42.4 Å². The molecule has 4 nitrogen and oxygen atoms in total. The van der Waals surface area contributed by atoms with Crippen LogP contribution in [-0.2, 0) is 19.5 Å². The summed E-state index contributed by atoms with van der Waals surface area (Å²) in [6, 6.07) is 6.10. The Morgan fingerprint density at radius 1 is 0.960 bits per heavy atom. The molecule has 25 heavy (non-hydrogen) atoms. The molecule has 0 aliphatic carbocycles. The van der Waals surface area contributed by atoms with Crippen LogP contribution >= 0.6 is 0 Å². The summed E-state index contributed by atoms with van der Waals surface area (Å²) in [5.74, 6) is 0.0424. The number of nitrogens with one attached hydrogen (secondary N) is 1. The van der Waals surface area contributed by atoms with Gasteiger partial charge in [-0.05, 0) is 56.6 Å². The number of amides is 1. The van der Waals surface area contributed by atoms with Gasteiger partial charge >= 0.3 is 7.12 Å². The van der Waals surface area contributed by atoms with E-state index in [0.29, 0.717) is 0 Å². The predicted molar refractivity (Wildman–Crippen MR) is 102 cm³/mol. The molecule has 0 aromatic heterocycles. The fourth-order valence-electron chi connectivity index (χ4n) is 4.66. The van der Waals surface area contributed by atoms with Gasteiger partial charge in [0.1, 0.15) is 0 Å². The van der Waals surface area contributed by atoms with Gasteiger partial charge in [0.2, 0.25) is 5.91 Å². The molecule has 2 heterocycles. The predicted octanol–water partition coefficient (Wildman–Crippen LogP) is 3.78. The zero-order valence-corrected chi connectivity index (χ0v) is 16.4. The van der Waals surface area contributed by atoms with Crippen molar-refractivity contribution in [2.24, 2.45) is 0 Å². The fourth-order valence-corrected chi connectivity index (χ4v) is 4.66. The van der Waals surface area contributed by atoms with Crippen molar-refractivity contribution >= 4 is 24.2 Å². The molecule has 2 aliphatic heterocycles. The van der Waals surface area contributed by atoms with E-state index < -0.39 is 5.41 Å². The van der Waals surface area contributed by atoms with Crippen LogP contribution in [-0.4, -0.2) is 24.2 Å². The van der Waals surface area contributed by atoms with Gasteiger partial charge in [0.25, 0.3) is 0 Å². The molecule has 1 fully saturated rings. The number of rotatable bonds is 5. The van der Waals surface area contributed by atoms with Gasteiger partial charge < -0.3 is 14.6 Å². The summed E-state index contributed by atoms with van der Waals surface area (Å²) >= 11 is 0. The summed E-state index contributed by atoms with van der Waals surface area (Å²) in [7, 11) is -0.384. The number of fused-ring (bicyclic) bond motifs is 1. The van der Waals surface area contributed by atoms with Gasteiger partial charge in [0.05, 0.1) is 16.6 Å². The minimum absolute atomic E-state index is 0.0424. The van der Waals surface area contributed by atoms with Crippen molar-refractivity contribution < 1.29 is 14.1 Å². The SMILES string of the molecule is CCC1(CC)OB(c2ccc3c(c2)NC(=O)C3(C)C)OC1(CC)CC. The van der Waals surface area contributed by atoms with Crippen LogP contribution in [0.15, 0.2) is 18.2 Å². The highest BCUT2D eigenvalue weighted by Gasteiger charge is 2.58. The number of carbonyl (C=O) groups excluding carboxylic acids is 1. The first kappa shape index (κ1) is 18.5. The van der Waals surface area contributed by atoms with Gasteiger partial charge in [-0.15, -0.1) is 0 Å². The lowest BCUT2D eigenvalue weighted by Crippen LogP contribution is -2.50. The molecule has 0 atom stereocenters. The highest BCUT2D eigenvalue weighted by molar-refractivity contribution is 6.62. The highest BCUT2D eigenvalue weighted by atomic mass is 16.7. The molecule has 136 valence electrons. The lowest BCUT2D eigenvalue weighted by molar-refractivity contribution is -0.119. The molecule has 1 saturated heterocycles. The Kier molecular flexibility index (Phi) is 4.53. The number of anilines is 1. The molecule has 0 radical (unpaired) electrons. The van der Waals surface area contributed by atoms with Gasteiger partial charge in [-0.3, -0.25) is 4.79 Å². The standard InChI is InChI=1S/C20H30BNO3/c1-7-19(8-2)20(9-3,10-4)25-21(24-19)14-11-12-15-16(13-14)22-17(23)18(15,5)6/h11-13H,7-10H2,1-6H3,(H,22,23). The third-order valence-electron chi connectivity index (χ3n) is 6.59. The summed E-state index contributed by atoms with van der Waals surface area (Å²) in [5, 5.41) is 3.00. The maximum Gasteiger partial charge on any atom is 0.494 e. The molecule has 0 spiro atoms. The molecule has 0 bridgehead atoms. The Labute approximate surface area is 151 Å². The number of benzene rings is 1. The van der Waals surface area contributed by atoms with Crippen molar-refractivity contribution in [1.29, 1.82) is 0 Å². The maximum atomic E-state index is 12.2. The van der Waals surface area contributed by atoms with Gasteiger partial charge in [0, 0.05) is 5.69 Å². The van der Waals surface area contributed by atoms with Gasteiger partial charge in [-0.1, -0.05) is 39.8 Å². The van der Waals surface area contributed by atoms with E-state index in [9.17, 15) is 4.79 Å². The van der Waals surface area contributed by atoms with Crippen LogP contribution in [0, 0.1) is 0 Å². The van der Waals surface area contributed by atoms with Crippen molar-refractivity contribution in [3.05, 3.63) is 23.8 Å². The quantitative estimate of drug-likeness (QED) is 0.828. The molecule has 5 heteroatoms. The first-order chi connectivity index (χ1) is 11.8. The van der Waals surface area contributed by atoms with E-state index in [-0.39, 0.29) is 24.2 Å². The van der Waals surface area contributed by atoms with E-state index in [1.165, 1.54) is 0 Å². The minimum Gasteiger partial charge on any atom is -0.399 e. The van der Waals surface area contributed by atoms with Gasteiger partial charge in [0.15, 0.2) is 0 Å². The first-order valence-electron chi connectivity index (χ1n) is 9.60. The summed E-state index contributed by atoms with van der Waals surface area (Å²) < 4.78 is 13.1. The first-order valence-corrected chi connectivity index (χ1v) is 9.60. The highest BCUT2D eigenvalue weighted by Crippen LogP contribution is 2.47.